The fourth-order valence-corrected chi connectivity index (χ4v) is 2.90. The molecular weight excluding hydrogens is 280 g/mol. The number of likely N-dealkylation sites (tertiary alicyclic amines) is 1. The summed E-state index contributed by atoms with van der Waals surface area (Å²) in [5.41, 5.74) is 0. The molecule has 2 amide bonds. The molecule has 1 fully saturated rings. The summed E-state index contributed by atoms with van der Waals surface area (Å²) in [6.45, 7) is 4.49. The van der Waals surface area contributed by atoms with Crippen LogP contribution in [0, 0.1) is 0 Å². The molecule has 0 aromatic carbocycles. The van der Waals surface area contributed by atoms with Gasteiger partial charge in [-0.05, 0) is 32.4 Å². The van der Waals surface area contributed by atoms with Crippen molar-refractivity contribution in [3.05, 3.63) is 21.9 Å². The lowest BCUT2D eigenvalue weighted by Crippen LogP contribution is -2.43. The van der Waals surface area contributed by atoms with Crippen molar-refractivity contribution in [1.29, 1.82) is 0 Å². The van der Waals surface area contributed by atoms with E-state index in [-0.39, 0.29) is 16.8 Å². The predicted molar refractivity (Wildman–Crippen MR) is 74.0 cm³/mol. The van der Waals surface area contributed by atoms with Crippen molar-refractivity contribution < 1.29 is 19.5 Å². The van der Waals surface area contributed by atoms with Gasteiger partial charge in [0.05, 0.1) is 4.88 Å². The van der Waals surface area contributed by atoms with Crippen LogP contribution in [0.15, 0.2) is 12.1 Å². The van der Waals surface area contributed by atoms with Gasteiger partial charge in [0, 0.05) is 12.6 Å². The highest BCUT2D eigenvalue weighted by molar-refractivity contribution is 7.15. The summed E-state index contributed by atoms with van der Waals surface area (Å²) in [6.07, 6.45) is 0.583. The summed E-state index contributed by atoms with van der Waals surface area (Å²) in [7, 11) is 0. The Bertz CT molecular complexity index is 552. The molecule has 20 heavy (non-hydrogen) atoms. The van der Waals surface area contributed by atoms with Crippen LogP contribution in [0.1, 0.15) is 39.6 Å². The third-order valence-corrected chi connectivity index (χ3v) is 4.28. The van der Waals surface area contributed by atoms with Gasteiger partial charge < -0.3 is 15.3 Å². The van der Waals surface area contributed by atoms with Crippen LogP contribution in [0.25, 0.3) is 0 Å². The van der Waals surface area contributed by atoms with E-state index in [4.69, 9.17) is 5.11 Å². The van der Waals surface area contributed by atoms with E-state index in [0.29, 0.717) is 17.8 Å². The number of carboxylic acid groups (broad SMARTS) is 1. The number of thiophene rings is 1. The standard InChI is InChI=1S/C13H16N2O4S/c1-7(2)15-6-5-8(12(15)17)14-11(16)9-3-4-10(20-9)13(18)19/h3-4,7-8H,5-6H2,1-2H3,(H,14,16)(H,18,19)/t8-/m0/s1. The van der Waals surface area contributed by atoms with Crippen molar-refractivity contribution in [2.24, 2.45) is 0 Å². The Morgan fingerprint density at radius 3 is 2.55 bits per heavy atom. The number of hydrogen-bond donors (Lipinski definition) is 2. The molecule has 2 heterocycles. The molecule has 1 aliphatic heterocycles. The molecular formula is C13H16N2O4S. The number of carbonyl (C=O) groups excluding carboxylic acids is 2. The van der Waals surface area contributed by atoms with Gasteiger partial charge in [-0.2, -0.15) is 0 Å². The van der Waals surface area contributed by atoms with Crippen LogP contribution in [0.2, 0.25) is 0 Å². The van der Waals surface area contributed by atoms with Crippen molar-refractivity contribution in [3.8, 4) is 0 Å². The first-order valence-electron chi connectivity index (χ1n) is 6.34. The fourth-order valence-electron chi connectivity index (χ4n) is 2.15. The molecule has 1 aliphatic rings. The molecule has 0 unspecified atom stereocenters. The number of carbonyl (C=O) groups is 3. The van der Waals surface area contributed by atoms with Gasteiger partial charge in [-0.1, -0.05) is 0 Å². The van der Waals surface area contributed by atoms with Crippen LogP contribution in [0.5, 0.6) is 0 Å². The lowest BCUT2D eigenvalue weighted by Gasteiger charge is -2.21. The van der Waals surface area contributed by atoms with Crippen molar-refractivity contribution in [2.75, 3.05) is 6.54 Å². The van der Waals surface area contributed by atoms with E-state index >= 15 is 0 Å². The monoisotopic (exact) mass is 296 g/mol. The lowest BCUT2D eigenvalue weighted by atomic mass is 10.2. The predicted octanol–water partition coefficient (Wildman–Crippen LogP) is 1.19. The molecule has 2 N–H and O–H groups in total. The van der Waals surface area contributed by atoms with Crippen molar-refractivity contribution in [2.45, 2.75) is 32.4 Å². The Morgan fingerprint density at radius 1 is 1.40 bits per heavy atom. The highest BCUT2D eigenvalue weighted by Gasteiger charge is 2.34. The summed E-state index contributed by atoms with van der Waals surface area (Å²) in [5, 5.41) is 11.5. The van der Waals surface area contributed by atoms with Crippen LogP contribution >= 0.6 is 11.3 Å². The Hall–Kier alpha value is -1.89. The summed E-state index contributed by atoms with van der Waals surface area (Å²) < 4.78 is 0. The molecule has 1 saturated heterocycles. The zero-order valence-corrected chi connectivity index (χ0v) is 12.1. The van der Waals surface area contributed by atoms with Crippen LogP contribution < -0.4 is 5.32 Å². The quantitative estimate of drug-likeness (QED) is 0.873. The number of aromatic carboxylic acids is 1. The van der Waals surface area contributed by atoms with Gasteiger partial charge in [0.2, 0.25) is 5.91 Å². The van der Waals surface area contributed by atoms with Crippen LogP contribution in [0.3, 0.4) is 0 Å². The van der Waals surface area contributed by atoms with Gasteiger partial charge in [0.1, 0.15) is 10.9 Å². The molecule has 7 heteroatoms. The molecule has 2 rings (SSSR count). The molecule has 0 spiro atoms. The lowest BCUT2D eigenvalue weighted by molar-refractivity contribution is -0.130. The first kappa shape index (κ1) is 14.5. The topological polar surface area (TPSA) is 86.7 Å². The minimum Gasteiger partial charge on any atom is -0.477 e. The molecule has 6 nitrogen and oxygen atoms in total. The van der Waals surface area contributed by atoms with Gasteiger partial charge in [-0.15, -0.1) is 11.3 Å². The highest BCUT2D eigenvalue weighted by Crippen LogP contribution is 2.18. The van der Waals surface area contributed by atoms with E-state index < -0.39 is 17.9 Å². The molecule has 0 saturated carbocycles. The summed E-state index contributed by atoms with van der Waals surface area (Å²) in [6, 6.07) is 2.45. The second-order valence-corrected chi connectivity index (χ2v) is 5.99. The largest absolute Gasteiger partial charge is 0.477 e. The zero-order valence-electron chi connectivity index (χ0n) is 11.3. The van der Waals surface area contributed by atoms with Crippen molar-refractivity contribution >= 4 is 29.1 Å². The van der Waals surface area contributed by atoms with Crippen LogP contribution in [-0.4, -0.2) is 46.4 Å². The Balaban J connectivity index is 2.01. The molecule has 0 radical (unpaired) electrons. The van der Waals surface area contributed by atoms with E-state index in [9.17, 15) is 14.4 Å². The maximum atomic E-state index is 12.0. The number of hydrogen-bond acceptors (Lipinski definition) is 4. The number of carboxylic acids is 1. The summed E-state index contributed by atoms with van der Waals surface area (Å²) in [4.78, 5) is 36.9. The average molecular weight is 296 g/mol. The van der Waals surface area contributed by atoms with E-state index in [1.807, 2.05) is 13.8 Å². The van der Waals surface area contributed by atoms with Gasteiger partial charge in [-0.25, -0.2) is 4.79 Å². The Kier molecular flexibility index (Phi) is 4.08. The number of rotatable bonds is 4. The van der Waals surface area contributed by atoms with Gasteiger partial charge in [-0.3, -0.25) is 9.59 Å². The molecule has 0 aliphatic carbocycles. The summed E-state index contributed by atoms with van der Waals surface area (Å²) in [5.74, 6) is -1.54. The fraction of sp³-hybridized carbons (Fsp3) is 0.462. The number of nitrogens with one attached hydrogen (secondary N) is 1. The van der Waals surface area contributed by atoms with Crippen molar-refractivity contribution in [1.82, 2.24) is 10.2 Å². The average Bonchev–Trinajstić information content (AvgIpc) is 2.97. The minimum absolute atomic E-state index is 0.0802. The minimum atomic E-state index is -1.06. The third-order valence-electron chi connectivity index (χ3n) is 3.21. The first-order valence-corrected chi connectivity index (χ1v) is 7.16. The van der Waals surface area contributed by atoms with Gasteiger partial charge >= 0.3 is 5.97 Å². The van der Waals surface area contributed by atoms with E-state index in [1.165, 1.54) is 12.1 Å². The molecule has 108 valence electrons. The first-order chi connectivity index (χ1) is 9.40. The van der Waals surface area contributed by atoms with Crippen LogP contribution in [0.4, 0.5) is 0 Å². The second-order valence-electron chi connectivity index (χ2n) is 4.91. The smallest absolute Gasteiger partial charge is 0.345 e. The van der Waals surface area contributed by atoms with Gasteiger partial charge in [0.15, 0.2) is 0 Å². The van der Waals surface area contributed by atoms with E-state index in [1.54, 1.807) is 4.90 Å². The molecule has 1 aromatic rings. The normalized spacial score (nSPS) is 18.6. The van der Waals surface area contributed by atoms with Crippen LogP contribution in [-0.2, 0) is 4.79 Å². The highest BCUT2D eigenvalue weighted by atomic mass is 32.1. The number of amides is 2. The van der Waals surface area contributed by atoms with E-state index in [2.05, 4.69) is 5.32 Å². The number of nitrogens with zero attached hydrogens (tertiary/aromatic N) is 1. The Morgan fingerprint density at radius 2 is 2.05 bits per heavy atom. The van der Waals surface area contributed by atoms with Gasteiger partial charge in [0.25, 0.3) is 5.91 Å². The third kappa shape index (κ3) is 2.82. The zero-order chi connectivity index (χ0) is 14.9. The second kappa shape index (κ2) is 5.62. The SMILES string of the molecule is CC(C)N1CC[C@H](NC(=O)c2ccc(C(=O)O)s2)C1=O. The molecule has 1 atom stereocenters. The Labute approximate surface area is 120 Å². The maximum absolute atomic E-state index is 12.0. The summed E-state index contributed by atoms with van der Waals surface area (Å²) >= 11 is 0.904. The maximum Gasteiger partial charge on any atom is 0.345 e. The molecule has 0 bridgehead atoms. The van der Waals surface area contributed by atoms with E-state index in [0.717, 1.165) is 11.3 Å². The van der Waals surface area contributed by atoms with Crippen molar-refractivity contribution in [3.63, 3.8) is 0 Å². The molecule has 1 aromatic heterocycles.